The highest BCUT2D eigenvalue weighted by atomic mass is 19.1. The van der Waals surface area contributed by atoms with Gasteiger partial charge in [-0.3, -0.25) is 19.3 Å². The Bertz CT molecular complexity index is 823. The Morgan fingerprint density at radius 3 is 2.52 bits per heavy atom. The number of rotatable bonds is 6. The maximum Gasteiger partial charge on any atom is 0.264 e. The van der Waals surface area contributed by atoms with E-state index in [4.69, 9.17) is 4.74 Å². The number of nitrogens with zero attached hydrogens (tertiary/aromatic N) is 1. The van der Waals surface area contributed by atoms with Gasteiger partial charge < -0.3 is 10.1 Å². The third kappa shape index (κ3) is 3.50. The van der Waals surface area contributed by atoms with Gasteiger partial charge in [0, 0.05) is 13.1 Å². The second-order valence-electron chi connectivity index (χ2n) is 5.38. The van der Waals surface area contributed by atoms with E-state index >= 15 is 0 Å². The van der Waals surface area contributed by atoms with Crippen LogP contribution in [0.3, 0.4) is 0 Å². The van der Waals surface area contributed by atoms with Crippen LogP contribution in [0, 0.1) is 5.82 Å². The molecule has 0 spiro atoms. The summed E-state index contributed by atoms with van der Waals surface area (Å²) in [5.74, 6) is -1.79. The van der Waals surface area contributed by atoms with Gasteiger partial charge in [-0.2, -0.15) is 0 Å². The number of hydrogen-bond acceptors (Lipinski definition) is 4. The second-order valence-corrected chi connectivity index (χ2v) is 5.38. The number of fused-ring (bicyclic) bond motifs is 1. The van der Waals surface area contributed by atoms with Crippen molar-refractivity contribution in [3.05, 3.63) is 65.5 Å². The number of hydrogen-bond donors (Lipinski definition) is 1. The molecule has 0 atom stereocenters. The molecule has 0 aromatic heterocycles. The molecule has 0 radical (unpaired) electrons. The number of amides is 3. The Labute approximate surface area is 143 Å². The van der Waals surface area contributed by atoms with Crippen molar-refractivity contribution in [2.24, 2.45) is 0 Å². The van der Waals surface area contributed by atoms with Gasteiger partial charge in [0.15, 0.2) is 6.61 Å². The Kier molecular flexibility index (Phi) is 4.74. The smallest absolute Gasteiger partial charge is 0.264 e. The van der Waals surface area contributed by atoms with Gasteiger partial charge in [-0.15, -0.1) is 0 Å². The zero-order valence-electron chi connectivity index (χ0n) is 13.2. The minimum atomic E-state index is -0.723. The molecule has 3 amide bonds. The van der Waals surface area contributed by atoms with Crippen LogP contribution in [0.5, 0.6) is 5.75 Å². The van der Waals surface area contributed by atoms with Crippen molar-refractivity contribution in [3.63, 3.8) is 0 Å². The van der Waals surface area contributed by atoms with Crippen molar-refractivity contribution in [3.8, 4) is 5.75 Å². The monoisotopic (exact) mass is 342 g/mol. The van der Waals surface area contributed by atoms with Crippen molar-refractivity contribution >= 4 is 17.7 Å². The Morgan fingerprint density at radius 2 is 1.80 bits per heavy atom. The predicted octanol–water partition coefficient (Wildman–Crippen LogP) is 1.62. The average molecular weight is 342 g/mol. The molecule has 1 heterocycles. The molecule has 2 aromatic carbocycles. The molecule has 0 saturated carbocycles. The van der Waals surface area contributed by atoms with E-state index in [0.717, 1.165) is 11.0 Å². The maximum atomic E-state index is 13.7. The molecule has 6 nitrogen and oxygen atoms in total. The molecule has 0 bridgehead atoms. The first kappa shape index (κ1) is 16.6. The van der Waals surface area contributed by atoms with Gasteiger partial charge in [0.05, 0.1) is 11.1 Å². The number of para-hydroxylation sites is 1. The fourth-order valence-corrected chi connectivity index (χ4v) is 2.52. The maximum absolute atomic E-state index is 13.7. The van der Waals surface area contributed by atoms with E-state index in [2.05, 4.69) is 5.32 Å². The van der Waals surface area contributed by atoms with Crippen LogP contribution in [0.4, 0.5) is 4.39 Å². The van der Waals surface area contributed by atoms with Gasteiger partial charge in [-0.1, -0.05) is 24.3 Å². The molecule has 0 unspecified atom stereocenters. The lowest BCUT2D eigenvalue weighted by molar-refractivity contribution is -0.123. The summed E-state index contributed by atoms with van der Waals surface area (Å²) >= 11 is 0. The number of benzene rings is 2. The van der Waals surface area contributed by atoms with Crippen molar-refractivity contribution in [2.75, 3.05) is 19.7 Å². The summed E-state index contributed by atoms with van der Waals surface area (Å²) in [4.78, 5) is 37.0. The first-order valence-electron chi connectivity index (χ1n) is 7.67. The SMILES string of the molecule is O=C(COc1ccccc1)NCCN1C(=O)c2cccc(F)c2C1=O. The quantitative estimate of drug-likeness (QED) is 0.810. The van der Waals surface area contributed by atoms with E-state index in [1.165, 1.54) is 12.1 Å². The molecule has 0 fully saturated rings. The summed E-state index contributed by atoms with van der Waals surface area (Å²) in [5, 5.41) is 2.56. The van der Waals surface area contributed by atoms with E-state index in [-0.39, 0.29) is 36.7 Å². The fraction of sp³-hybridized carbons (Fsp3) is 0.167. The first-order valence-corrected chi connectivity index (χ1v) is 7.67. The van der Waals surface area contributed by atoms with Crippen LogP contribution in [0.25, 0.3) is 0 Å². The van der Waals surface area contributed by atoms with Crippen LogP contribution in [0.1, 0.15) is 20.7 Å². The van der Waals surface area contributed by atoms with Crippen LogP contribution in [-0.4, -0.2) is 42.3 Å². The van der Waals surface area contributed by atoms with Gasteiger partial charge >= 0.3 is 0 Å². The van der Waals surface area contributed by atoms with Gasteiger partial charge in [0.25, 0.3) is 17.7 Å². The summed E-state index contributed by atoms with van der Waals surface area (Å²) in [6, 6.07) is 12.8. The molecule has 1 aliphatic heterocycles. The topological polar surface area (TPSA) is 75.7 Å². The number of carbonyl (C=O) groups is 3. The Morgan fingerprint density at radius 1 is 1.04 bits per heavy atom. The molecule has 1 N–H and O–H groups in total. The molecular weight excluding hydrogens is 327 g/mol. The van der Waals surface area contributed by atoms with Crippen LogP contribution < -0.4 is 10.1 Å². The van der Waals surface area contributed by atoms with Crippen LogP contribution in [-0.2, 0) is 4.79 Å². The fourth-order valence-electron chi connectivity index (χ4n) is 2.52. The predicted molar refractivity (Wildman–Crippen MR) is 86.7 cm³/mol. The van der Waals surface area contributed by atoms with E-state index in [1.54, 1.807) is 24.3 Å². The van der Waals surface area contributed by atoms with Gasteiger partial charge in [-0.25, -0.2) is 4.39 Å². The summed E-state index contributed by atoms with van der Waals surface area (Å²) in [6.45, 7) is -0.159. The van der Waals surface area contributed by atoms with E-state index in [9.17, 15) is 18.8 Å². The highest BCUT2D eigenvalue weighted by Crippen LogP contribution is 2.24. The molecule has 25 heavy (non-hydrogen) atoms. The highest BCUT2D eigenvalue weighted by molar-refractivity contribution is 6.21. The summed E-state index contributed by atoms with van der Waals surface area (Å²) in [7, 11) is 0. The zero-order chi connectivity index (χ0) is 17.8. The normalized spacial score (nSPS) is 12.9. The van der Waals surface area contributed by atoms with Crippen molar-refractivity contribution in [2.45, 2.75) is 0 Å². The summed E-state index contributed by atoms with van der Waals surface area (Å²) < 4.78 is 19.0. The molecule has 0 saturated heterocycles. The zero-order valence-corrected chi connectivity index (χ0v) is 13.2. The Hall–Kier alpha value is -3.22. The van der Waals surface area contributed by atoms with E-state index in [0.29, 0.717) is 5.75 Å². The van der Waals surface area contributed by atoms with E-state index < -0.39 is 17.6 Å². The largest absolute Gasteiger partial charge is 0.484 e. The molecule has 3 rings (SSSR count). The minimum absolute atomic E-state index is 0.0388. The molecule has 2 aromatic rings. The highest BCUT2D eigenvalue weighted by Gasteiger charge is 2.37. The van der Waals surface area contributed by atoms with Crippen molar-refractivity contribution < 1.29 is 23.5 Å². The number of ether oxygens (including phenoxy) is 1. The Balaban J connectivity index is 1.50. The lowest BCUT2D eigenvalue weighted by atomic mass is 10.1. The molecular formula is C18H15FN2O4. The standard InChI is InChI=1S/C18H15FN2O4/c19-14-8-4-7-13-16(14)18(24)21(17(13)23)10-9-20-15(22)11-25-12-5-2-1-3-6-12/h1-8H,9-11H2,(H,20,22). The van der Waals surface area contributed by atoms with Crippen LogP contribution >= 0.6 is 0 Å². The number of imide groups is 1. The molecule has 7 heteroatoms. The third-order valence-electron chi connectivity index (χ3n) is 3.72. The minimum Gasteiger partial charge on any atom is -0.484 e. The summed E-state index contributed by atoms with van der Waals surface area (Å²) in [6.07, 6.45) is 0. The van der Waals surface area contributed by atoms with Crippen LogP contribution in [0.2, 0.25) is 0 Å². The van der Waals surface area contributed by atoms with Gasteiger partial charge in [0.2, 0.25) is 0 Å². The number of carbonyl (C=O) groups excluding carboxylic acids is 3. The second kappa shape index (κ2) is 7.12. The third-order valence-corrected chi connectivity index (χ3v) is 3.72. The van der Waals surface area contributed by atoms with E-state index in [1.807, 2.05) is 6.07 Å². The number of nitrogens with one attached hydrogen (secondary N) is 1. The number of halogens is 1. The lowest BCUT2D eigenvalue weighted by Crippen LogP contribution is -2.39. The van der Waals surface area contributed by atoms with Crippen LogP contribution in [0.15, 0.2) is 48.5 Å². The van der Waals surface area contributed by atoms with Crippen molar-refractivity contribution in [1.29, 1.82) is 0 Å². The first-order chi connectivity index (χ1) is 12.1. The molecule has 0 aliphatic carbocycles. The average Bonchev–Trinajstić information content (AvgIpc) is 2.87. The lowest BCUT2D eigenvalue weighted by Gasteiger charge is -2.14. The van der Waals surface area contributed by atoms with Gasteiger partial charge in [-0.05, 0) is 24.3 Å². The molecule has 1 aliphatic rings. The molecule has 128 valence electrons. The van der Waals surface area contributed by atoms with Gasteiger partial charge in [0.1, 0.15) is 11.6 Å². The summed E-state index contributed by atoms with van der Waals surface area (Å²) in [5.41, 5.74) is -0.171. The van der Waals surface area contributed by atoms with Crippen molar-refractivity contribution in [1.82, 2.24) is 10.2 Å².